The van der Waals surface area contributed by atoms with Gasteiger partial charge in [-0.2, -0.15) is 0 Å². The molecule has 0 aliphatic rings. The Morgan fingerprint density at radius 3 is 2.35 bits per heavy atom. The van der Waals surface area contributed by atoms with E-state index in [4.69, 9.17) is 10.2 Å². The molecule has 1 atom stereocenters. The molecule has 1 aromatic rings. The normalized spacial score (nSPS) is 11.8. The van der Waals surface area contributed by atoms with E-state index in [2.05, 4.69) is 37.9 Å². The van der Waals surface area contributed by atoms with Crippen LogP contribution >= 0.6 is 24.8 Å². The number of carbonyl (C=O) groups is 1. The number of nitrogens with one attached hydrogen (secondary N) is 1. The quantitative estimate of drug-likeness (QED) is 0.703. The summed E-state index contributed by atoms with van der Waals surface area (Å²) < 4.78 is 5.20. The topological polar surface area (TPSA) is 71.5 Å². The lowest BCUT2D eigenvalue weighted by atomic mass is 10.0. The molecule has 1 aromatic heterocycles. The van der Waals surface area contributed by atoms with Crippen molar-refractivity contribution in [3.05, 3.63) is 23.7 Å². The van der Waals surface area contributed by atoms with Gasteiger partial charge in [0.1, 0.15) is 12.0 Å². The number of carbonyl (C=O) groups excluding carboxylic acids is 1. The Morgan fingerprint density at radius 2 is 1.91 bits per heavy atom. The Labute approximate surface area is 152 Å². The molecule has 5 nitrogen and oxygen atoms in total. The molecular weight excluding hydrogens is 337 g/mol. The highest BCUT2D eigenvalue weighted by Gasteiger charge is 2.19. The largest absolute Gasteiger partial charge is 0.467 e. The average Bonchev–Trinajstić information content (AvgIpc) is 2.94. The molecule has 0 bridgehead atoms. The van der Waals surface area contributed by atoms with Crippen molar-refractivity contribution in [2.45, 2.75) is 46.7 Å². The lowest BCUT2D eigenvalue weighted by Crippen LogP contribution is -2.44. The fourth-order valence-electron chi connectivity index (χ4n) is 2.56. The SMILES string of the molecule is CCN(CC)C(CNC(=O)c1coc(CN)c1)CC(C)C.Cl.Cl. The zero-order valence-electron chi connectivity index (χ0n) is 14.5. The van der Waals surface area contributed by atoms with Crippen molar-refractivity contribution >= 4 is 30.7 Å². The first-order chi connectivity index (χ1) is 10.0. The maximum atomic E-state index is 12.1. The van der Waals surface area contributed by atoms with Crippen molar-refractivity contribution in [1.82, 2.24) is 10.2 Å². The van der Waals surface area contributed by atoms with Crippen LogP contribution in [-0.4, -0.2) is 36.5 Å². The van der Waals surface area contributed by atoms with E-state index in [1.807, 2.05) is 0 Å². The van der Waals surface area contributed by atoms with E-state index < -0.39 is 0 Å². The minimum atomic E-state index is -0.0978. The van der Waals surface area contributed by atoms with Crippen LogP contribution in [0.25, 0.3) is 0 Å². The molecule has 7 heteroatoms. The fraction of sp³-hybridized carbons (Fsp3) is 0.688. The van der Waals surface area contributed by atoms with Gasteiger partial charge in [0.05, 0.1) is 12.1 Å². The van der Waals surface area contributed by atoms with E-state index in [-0.39, 0.29) is 30.7 Å². The van der Waals surface area contributed by atoms with E-state index >= 15 is 0 Å². The Kier molecular flexibility index (Phi) is 13.5. The summed E-state index contributed by atoms with van der Waals surface area (Å²) in [6.45, 7) is 11.7. The van der Waals surface area contributed by atoms with Gasteiger partial charge in [-0.05, 0) is 31.5 Å². The first-order valence-corrected chi connectivity index (χ1v) is 7.81. The van der Waals surface area contributed by atoms with Crippen molar-refractivity contribution in [3.8, 4) is 0 Å². The molecule has 0 fully saturated rings. The summed E-state index contributed by atoms with van der Waals surface area (Å²) in [5, 5.41) is 3.01. The Morgan fingerprint density at radius 1 is 1.30 bits per heavy atom. The third-order valence-corrected chi connectivity index (χ3v) is 3.69. The molecule has 136 valence electrons. The van der Waals surface area contributed by atoms with Crippen LogP contribution in [0.1, 0.15) is 50.2 Å². The molecule has 0 aliphatic carbocycles. The molecule has 3 N–H and O–H groups in total. The van der Waals surface area contributed by atoms with Gasteiger partial charge in [0.2, 0.25) is 0 Å². The summed E-state index contributed by atoms with van der Waals surface area (Å²) >= 11 is 0. The number of likely N-dealkylation sites (N-methyl/N-ethyl adjacent to an activating group) is 1. The standard InChI is InChI=1S/C16H29N3O2.2ClH/c1-5-19(6-2)14(7-12(3)4)10-18-16(20)13-8-15(9-17)21-11-13;;/h8,11-12,14H,5-7,9-10,17H2,1-4H3,(H,18,20);2*1H. The monoisotopic (exact) mass is 367 g/mol. The summed E-state index contributed by atoms with van der Waals surface area (Å²) in [4.78, 5) is 14.5. The number of furan rings is 1. The lowest BCUT2D eigenvalue weighted by molar-refractivity contribution is 0.0928. The van der Waals surface area contributed by atoms with Crippen molar-refractivity contribution in [2.24, 2.45) is 11.7 Å². The second-order valence-electron chi connectivity index (χ2n) is 5.72. The Hall–Kier alpha value is -0.750. The summed E-state index contributed by atoms with van der Waals surface area (Å²) in [5.41, 5.74) is 6.02. The molecule has 0 spiro atoms. The van der Waals surface area contributed by atoms with E-state index in [0.29, 0.717) is 36.4 Å². The van der Waals surface area contributed by atoms with Crippen molar-refractivity contribution in [1.29, 1.82) is 0 Å². The highest BCUT2D eigenvalue weighted by Crippen LogP contribution is 2.12. The van der Waals surface area contributed by atoms with Crippen LogP contribution in [0.4, 0.5) is 0 Å². The summed E-state index contributed by atoms with van der Waals surface area (Å²) in [5.74, 6) is 1.13. The molecule has 0 aromatic carbocycles. The minimum absolute atomic E-state index is 0. The van der Waals surface area contributed by atoms with Crippen molar-refractivity contribution < 1.29 is 9.21 Å². The Balaban J connectivity index is 0. The molecule has 0 radical (unpaired) electrons. The maximum Gasteiger partial charge on any atom is 0.254 e. The van der Waals surface area contributed by atoms with E-state index in [9.17, 15) is 4.79 Å². The highest BCUT2D eigenvalue weighted by molar-refractivity contribution is 5.93. The number of halogens is 2. The number of hydrogen-bond donors (Lipinski definition) is 2. The molecule has 0 saturated carbocycles. The molecule has 23 heavy (non-hydrogen) atoms. The van der Waals surface area contributed by atoms with Crippen LogP contribution in [0.2, 0.25) is 0 Å². The van der Waals surface area contributed by atoms with Gasteiger partial charge < -0.3 is 15.5 Å². The van der Waals surface area contributed by atoms with Gasteiger partial charge in [0.15, 0.2) is 0 Å². The van der Waals surface area contributed by atoms with Gasteiger partial charge in [-0.25, -0.2) is 0 Å². The van der Waals surface area contributed by atoms with Gasteiger partial charge in [-0.1, -0.05) is 27.7 Å². The van der Waals surface area contributed by atoms with Gasteiger partial charge in [-0.3, -0.25) is 9.69 Å². The van der Waals surface area contributed by atoms with Gasteiger partial charge in [-0.15, -0.1) is 24.8 Å². The molecule has 1 rings (SSSR count). The smallest absolute Gasteiger partial charge is 0.254 e. The fourth-order valence-corrected chi connectivity index (χ4v) is 2.56. The van der Waals surface area contributed by atoms with Crippen molar-refractivity contribution in [3.63, 3.8) is 0 Å². The number of nitrogens with zero attached hydrogens (tertiary/aromatic N) is 1. The zero-order chi connectivity index (χ0) is 15.8. The molecule has 1 unspecified atom stereocenters. The number of hydrogen-bond acceptors (Lipinski definition) is 4. The van der Waals surface area contributed by atoms with E-state index in [0.717, 1.165) is 19.5 Å². The predicted octanol–water partition coefficient (Wildman–Crippen LogP) is 3.07. The van der Waals surface area contributed by atoms with Crippen LogP contribution < -0.4 is 11.1 Å². The van der Waals surface area contributed by atoms with Crippen molar-refractivity contribution in [2.75, 3.05) is 19.6 Å². The lowest BCUT2D eigenvalue weighted by Gasteiger charge is -2.31. The third-order valence-electron chi connectivity index (χ3n) is 3.69. The summed E-state index contributed by atoms with van der Waals surface area (Å²) in [6, 6.07) is 2.06. The van der Waals surface area contributed by atoms with E-state index in [1.54, 1.807) is 6.07 Å². The highest BCUT2D eigenvalue weighted by atomic mass is 35.5. The Bertz CT molecular complexity index is 435. The van der Waals surface area contributed by atoms with Crippen LogP contribution in [-0.2, 0) is 6.54 Å². The minimum Gasteiger partial charge on any atom is -0.467 e. The number of nitrogens with two attached hydrogens (primary N) is 1. The van der Waals surface area contributed by atoms with Crippen LogP contribution in [0.3, 0.4) is 0 Å². The van der Waals surface area contributed by atoms with E-state index in [1.165, 1.54) is 6.26 Å². The van der Waals surface area contributed by atoms with Gasteiger partial charge in [0, 0.05) is 12.6 Å². The summed E-state index contributed by atoms with van der Waals surface area (Å²) in [6.07, 6.45) is 2.54. The second kappa shape index (κ2) is 12.6. The first kappa shape index (κ1) is 24.5. The molecule has 1 heterocycles. The molecule has 1 amide bonds. The molecule has 0 aliphatic heterocycles. The predicted molar refractivity (Wildman–Crippen MR) is 99.6 cm³/mol. The summed E-state index contributed by atoms with van der Waals surface area (Å²) in [7, 11) is 0. The molecule has 0 saturated heterocycles. The van der Waals surface area contributed by atoms with Crippen LogP contribution in [0.15, 0.2) is 16.7 Å². The number of rotatable bonds is 9. The van der Waals surface area contributed by atoms with Crippen LogP contribution in [0, 0.1) is 5.92 Å². The molecular formula is C16H31Cl2N3O2. The zero-order valence-corrected chi connectivity index (χ0v) is 16.1. The average molecular weight is 368 g/mol. The van der Waals surface area contributed by atoms with Gasteiger partial charge >= 0.3 is 0 Å². The first-order valence-electron chi connectivity index (χ1n) is 7.81. The maximum absolute atomic E-state index is 12.1. The van der Waals surface area contributed by atoms with Gasteiger partial charge in [0.25, 0.3) is 5.91 Å². The van der Waals surface area contributed by atoms with Crippen LogP contribution in [0.5, 0.6) is 0 Å². The third kappa shape index (κ3) is 8.06. The second-order valence-corrected chi connectivity index (χ2v) is 5.72. The number of amides is 1.